The SMILES string of the molecule is CCCc1c(N)ncnc1NCC(C)OC. The highest BCUT2D eigenvalue weighted by Gasteiger charge is 2.08. The van der Waals surface area contributed by atoms with Crippen molar-refractivity contribution in [2.75, 3.05) is 24.7 Å². The number of ether oxygens (including phenoxy) is 1. The smallest absolute Gasteiger partial charge is 0.134 e. The summed E-state index contributed by atoms with van der Waals surface area (Å²) in [6, 6.07) is 0. The quantitative estimate of drug-likeness (QED) is 0.765. The van der Waals surface area contributed by atoms with E-state index in [4.69, 9.17) is 10.5 Å². The average Bonchev–Trinajstić information content (AvgIpc) is 2.29. The van der Waals surface area contributed by atoms with E-state index in [9.17, 15) is 0 Å². The molecule has 0 aromatic carbocycles. The van der Waals surface area contributed by atoms with Crippen molar-refractivity contribution in [1.29, 1.82) is 0 Å². The maximum Gasteiger partial charge on any atom is 0.134 e. The Hall–Kier alpha value is -1.36. The number of methoxy groups -OCH3 is 1. The molecule has 0 saturated heterocycles. The summed E-state index contributed by atoms with van der Waals surface area (Å²) in [5.74, 6) is 1.38. The van der Waals surface area contributed by atoms with Crippen molar-refractivity contribution >= 4 is 11.6 Å². The van der Waals surface area contributed by atoms with Crippen molar-refractivity contribution in [1.82, 2.24) is 9.97 Å². The van der Waals surface area contributed by atoms with Crippen LogP contribution in [0.1, 0.15) is 25.8 Å². The molecular formula is C11H20N4O. The zero-order chi connectivity index (χ0) is 12.0. The summed E-state index contributed by atoms with van der Waals surface area (Å²) in [5.41, 5.74) is 6.82. The molecule has 16 heavy (non-hydrogen) atoms. The molecule has 90 valence electrons. The molecule has 0 aliphatic carbocycles. The molecule has 1 aromatic heterocycles. The molecule has 1 aromatic rings. The van der Waals surface area contributed by atoms with E-state index in [0.29, 0.717) is 12.4 Å². The summed E-state index contributed by atoms with van der Waals surface area (Å²) in [6.07, 6.45) is 3.53. The molecule has 1 atom stereocenters. The third kappa shape index (κ3) is 3.34. The summed E-state index contributed by atoms with van der Waals surface area (Å²) in [5, 5.41) is 3.23. The maximum atomic E-state index is 5.82. The second-order valence-electron chi connectivity index (χ2n) is 3.76. The van der Waals surface area contributed by atoms with E-state index in [2.05, 4.69) is 22.2 Å². The molecule has 3 N–H and O–H groups in total. The third-order valence-corrected chi connectivity index (χ3v) is 2.44. The molecule has 0 bridgehead atoms. The molecule has 0 aliphatic heterocycles. The highest BCUT2D eigenvalue weighted by atomic mass is 16.5. The van der Waals surface area contributed by atoms with Crippen molar-refractivity contribution in [2.24, 2.45) is 0 Å². The number of hydrogen-bond acceptors (Lipinski definition) is 5. The Kier molecular flexibility index (Phi) is 4.98. The Bertz CT molecular complexity index is 330. The molecule has 0 saturated carbocycles. The minimum atomic E-state index is 0.144. The number of aromatic nitrogens is 2. The van der Waals surface area contributed by atoms with Gasteiger partial charge in [0.15, 0.2) is 0 Å². The number of nitrogens with one attached hydrogen (secondary N) is 1. The Morgan fingerprint density at radius 2 is 2.25 bits per heavy atom. The van der Waals surface area contributed by atoms with Gasteiger partial charge in [0.2, 0.25) is 0 Å². The predicted molar refractivity (Wildman–Crippen MR) is 65.4 cm³/mol. The molecule has 5 heteroatoms. The van der Waals surface area contributed by atoms with Crippen LogP contribution in [-0.2, 0) is 11.2 Å². The minimum absolute atomic E-state index is 0.144. The van der Waals surface area contributed by atoms with Gasteiger partial charge in [-0.25, -0.2) is 9.97 Å². The van der Waals surface area contributed by atoms with E-state index in [1.54, 1.807) is 7.11 Å². The summed E-state index contributed by atoms with van der Waals surface area (Å²) in [6.45, 7) is 4.81. The number of anilines is 2. The second kappa shape index (κ2) is 6.27. The van der Waals surface area contributed by atoms with Gasteiger partial charge in [-0.1, -0.05) is 13.3 Å². The fourth-order valence-corrected chi connectivity index (χ4v) is 1.40. The third-order valence-electron chi connectivity index (χ3n) is 2.44. The first-order valence-corrected chi connectivity index (χ1v) is 5.55. The van der Waals surface area contributed by atoms with E-state index in [1.807, 2.05) is 6.92 Å². The first-order chi connectivity index (χ1) is 7.69. The fourth-order valence-electron chi connectivity index (χ4n) is 1.40. The Balaban J connectivity index is 2.74. The van der Waals surface area contributed by atoms with Gasteiger partial charge in [0.05, 0.1) is 6.10 Å². The topological polar surface area (TPSA) is 73.1 Å². The van der Waals surface area contributed by atoms with Crippen molar-refractivity contribution < 1.29 is 4.74 Å². The molecule has 0 radical (unpaired) electrons. The molecule has 0 aliphatic rings. The fraction of sp³-hybridized carbons (Fsp3) is 0.636. The minimum Gasteiger partial charge on any atom is -0.383 e. The van der Waals surface area contributed by atoms with Crippen LogP contribution in [0.15, 0.2) is 6.33 Å². The molecule has 0 fully saturated rings. The molecule has 1 rings (SSSR count). The first kappa shape index (κ1) is 12.7. The summed E-state index contributed by atoms with van der Waals surface area (Å²) in [7, 11) is 1.69. The lowest BCUT2D eigenvalue weighted by Gasteiger charge is -2.14. The van der Waals surface area contributed by atoms with Gasteiger partial charge in [-0.3, -0.25) is 0 Å². The van der Waals surface area contributed by atoms with Crippen molar-refractivity contribution in [3.05, 3.63) is 11.9 Å². The molecular weight excluding hydrogens is 204 g/mol. The Morgan fingerprint density at radius 3 is 2.88 bits per heavy atom. The number of rotatable bonds is 6. The lowest BCUT2D eigenvalue weighted by molar-refractivity contribution is 0.128. The van der Waals surface area contributed by atoms with Gasteiger partial charge >= 0.3 is 0 Å². The van der Waals surface area contributed by atoms with Crippen molar-refractivity contribution in [3.8, 4) is 0 Å². The van der Waals surface area contributed by atoms with E-state index in [1.165, 1.54) is 6.33 Å². The number of nitrogen functional groups attached to an aromatic ring is 1. The van der Waals surface area contributed by atoms with Crippen LogP contribution in [0.2, 0.25) is 0 Å². The molecule has 1 unspecified atom stereocenters. The molecule has 5 nitrogen and oxygen atoms in total. The van der Waals surface area contributed by atoms with E-state index < -0.39 is 0 Å². The van der Waals surface area contributed by atoms with Gasteiger partial charge in [-0.05, 0) is 13.3 Å². The highest BCUT2D eigenvalue weighted by molar-refractivity contribution is 5.54. The second-order valence-corrected chi connectivity index (χ2v) is 3.76. The number of nitrogens with two attached hydrogens (primary N) is 1. The van der Waals surface area contributed by atoms with Gasteiger partial charge in [0.1, 0.15) is 18.0 Å². The van der Waals surface area contributed by atoms with Crippen molar-refractivity contribution in [2.45, 2.75) is 32.8 Å². The average molecular weight is 224 g/mol. The van der Waals surface area contributed by atoms with Gasteiger partial charge < -0.3 is 15.8 Å². The maximum absolute atomic E-state index is 5.82. The van der Waals surface area contributed by atoms with Crippen LogP contribution in [0.4, 0.5) is 11.6 Å². The molecule has 1 heterocycles. The summed E-state index contributed by atoms with van der Waals surface area (Å²) in [4.78, 5) is 8.21. The van der Waals surface area contributed by atoms with E-state index in [0.717, 1.165) is 24.2 Å². The summed E-state index contributed by atoms with van der Waals surface area (Å²) < 4.78 is 5.16. The van der Waals surface area contributed by atoms with Crippen LogP contribution in [0.25, 0.3) is 0 Å². The van der Waals surface area contributed by atoms with E-state index in [-0.39, 0.29) is 6.10 Å². The zero-order valence-electron chi connectivity index (χ0n) is 10.2. The van der Waals surface area contributed by atoms with Crippen LogP contribution in [0, 0.1) is 0 Å². The highest BCUT2D eigenvalue weighted by Crippen LogP contribution is 2.18. The van der Waals surface area contributed by atoms with Gasteiger partial charge in [-0.2, -0.15) is 0 Å². The van der Waals surface area contributed by atoms with Crippen LogP contribution in [0.5, 0.6) is 0 Å². The van der Waals surface area contributed by atoms with Gasteiger partial charge in [-0.15, -0.1) is 0 Å². The zero-order valence-corrected chi connectivity index (χ0v) is 10.2. The Morgan fingerprint density at radius 1 is 1.50 bits per heavy atom. The summed E-state index contributed by atoms with van der Waals surface area (Å²) >= 11 is 0. The predicted octanol–water partition coefficient (Wildman–Crippen LogP) is 1.46. The van der Waals surface area contributed by atoms with Crippen LogP contribution in [0.3, 0.4) is 0 Å². The molecule has 0 spiro atoms. The normalized spacial score (nSPS) is 12.4. The van der Waals surface area contributed by atoms with E-state index >= 15 is 0 Å². The number of hydrogen-bond donors (Lipinski definition) is 2. The van der Waals surface area contributed by atoms with Gasteiger partial charge in [0, 0.05) is 19.2 Å². The lowest BCUT2D eigenvalue weighted by atomic mass is 10.1. The monoisotopic (exact) mass is 224 g/mol. The Labute approximate surface area is 96.4 Å². The lowest BCUT2D eigenvalue weighted by Crippen LogP contribution is -2.20. The number of nitrogens with zero attached hydrogens (tertiary/aromatic N) is 2. The van der Waals surface area contributed by atoms with Crippen LogP contribution in [-0.4, -0.2) is 29.7 Å². The molecule has 0 amide bonds. The first-order valence-electron chi connectivity index (χ1n) is 5.55. The van der Waals surface area contributed by atoms with Crippen LogP contribution >= 0.6 is 0 Å². The standard InChI is InChI=1S/C11H20N4O/c1-4-5-9-10(12)14-7-15-11(9)13-6-8(2)16-3/h7-8H,4-6H2,1-3H3,(H3,12,13,14,15). The largest absolute Gasteiger partial charge is 0.383 e. The van der Waals surface area contributed by atoms with Crippen molar-refractivity contribution in [3.63, 3.8) is 0 Å². The van der Waals surface area contributed by atoms with Crippen LogP contribution < -0.4 is 11.1 Å². The van der Waals surface area contributed by atoms with Gasteiger partial charge in [0.25, 0.3) is 0 Å².